The Morgan fingerprint density at radius 2 is 1.71 bits per heavy atom. The van der Waals surface area contributed by atoms with E-state index in [2.05, 4.69) is 15.7 Å². The summed E-state index contributed by atoms with van der Waals surface area (Å²) in [4.78, 5) is 0. The van der Waals surface area contributed by atoms with Crippen LogP contribution in [0.25, 0.3) is 0 Å². The number of alkyl halides is 3. The molecule has 2 N–H and O–H groups in total. The summed E-state index contributed by atoms with van der Waals surface area (Å²) in [5.74, 6) is 0. The lowest BCUT2D eigenvalue weighted by Crippen LogP contribution is -2.21. The Balaban J connectivity index is 1.65. The molecule has 1 aromatic heterocycles. The molecule has 3 aromatic rings. The van der Waals surface area contributed by atoms with Crippen LogP contribution in [0.3, 0.4) is 0 Å². The van der Waals surface area contributed by atoms with Gasteiger partial charge in [-0.15, -0.1) is 0 Å². The number of para-hydroxylation sites is 1. The van der Waals surface area contributed by atoms with E-state index in [1.807, 2.05) is 48.9 Å². The van der Waals surface area contributed by atoms with Gasteiger partial charge in [0.25, 0.3) is 0 Å². The minimum absolute atomic E-state index is 0.0861. The van der Waals surface area contributed by atoms with Crippen LogP contribution in [0.2, 0.25) is 0 Å². The Labute approximate surface area is 166 Å². The topological polar surface area (TPSA) is 41.9 Å². The second-order valence-corrected chi connectivity index (χ2v) is 6.81. The van der Waals surface area contributed by atoms with Gasteiger partial charge in [0.1, 0.15) is 0 Å². The summed E-state index contributed by atoms with van der Waals surface area (Å²) in [6, 6.07) is 14.7. The highest BCUT2D eigenvalue weighted by Gasteiger charge is 2.33. The molecule has 0 spiro atoms. The van der Waals surface area contributed by atoms with Gasteiger partial charge in [0.05, 0.1) is 23.5 Å². The van der Waals surface area contributed by atoms with E-state index in [4.69, 9.17) is 12.2 Å². The van der Waals surface area contributed by atoms with Crippen LogP contribution < -0.4 is 10.6 Å². The van der Waals surface area contributed by atoms with Crippen molar-refractivity contribution in [2.24, 2.45) is 0 Å². The maximum absolute atomic E-state index is 13.1. The molecule has 0 radical (unpaired) electrons. The van der Waals surface area contributed by atoms with Crippen LogP contribution >= 0.6 is 12.2 Å². The molecular formula is C20H19F3N4S. The molecule has 28 heavy (non-hydrogen) atoms. The van der Waals surface area contributed by atoms with E-state index in [1.165, 1.54) is 18.2 Å². The Morgan fingerprint density at radius 3 is 2.32 bits per heavy atom. The van der Waals surface area contributed by atoms with Crippen molar-refractivity contribution in [1.29, 1.82) is 0 Å². The highest BCUT2D eigenvalue weighted by Crippen LogP contribution is 2.34. The summed E-state index contributed by atoms with van der Waals surface area (Å²) in [6.45, 7) is 4.59. The lowest BCUT2D eigenvalue weighted by atomic mass is 10.1. The van der Waals surface area contributed by atoms with Crippen LogP contribution in [0.1, 0.15) is 22.5 Å². The summed E-state index contributed by atoms with van der Waals surface area (Å²) >= 11 is 5.15. The SMILES string of the molecule is Cc1cc(C)n(Cc2ccc(NC(=S)Nc3ccccc3C(F)(F)F)cc2)n1. The van der Waals surface area contributed by atoms with E-state index >= 15 is 0 Å². The zero-order valence-corrected chi connectivity index (χ0v) is 16.2. The number of aryl methyl sites for hydroxylation is 2. The highest BCUT2D eigenvalue weighted by molar-refractivity contribution is 7.80. The summed E-state index contributed by atoms with van der Waals surface area (Å²) in [7, 11) is 0. The van der Waals surface area contributed by atoms with E-state index in [9.17, 15) is 13.2 Å². The van der Waals surface area contributed by atoms with Gasteiger partial charge in [-0.2, -0.15) is 18.3 Å². The van der Waals surface area contributed by atoms with E-state index in [-0.39, 0.29) is 10.8 Å². The molecule has 8 heteroatoms. The van der Waals surface area contributed by atoms with Gasteiger partial charge in [-0.25, -0.2) is 0 Å². The number of hydrogen-bond acceptors (Lipinski definition) is 2. The summed E-state index contributed by atoms with van der Waals surface area (Å²) in [5, 5.41) is 10.0. The van der Waals surface area contributed by atoms with Crippen molar-refractivity contribution in [2.45, 2.75) is 26.6 Å². The van der Waals surface area contributed by atoms with Crippen molar-refractivity contribution in [3.05, 3.63) is 77.1 Å². The molecule has 0 saturated carbocycles. The predicted molar refractivity (Wildman–Crippen MR) is 109 cm³/mol. The minimum Gasteiger partial charge on any atom is -0.332 e. The number of thiocarbonyl (C=S) groups is 1. The van der Waals surface area contributed by atoms with E-state index in [0.717, 1.165) is 23.0 Å². The summed E-state index contributed by atoms with van der Waals surface area (Å²) < 4.78 is 41.1. The predicted octanol–water partition coefficient (Wildman–Crippen LogP) is 5.38. The summed E-state index contributed by atoms with van der Waals surface area (Å²) in [6.07, 6.45) is -4.45. The van der Waals surface area contributed by atoms with Crippen molar-refractivity contribution in [2.75, 3.05) is 10.6 Å². The molecule has 0 bridgehead atoms. The molecule has 0 aliphatic rings. The van der Waals surface area contributed by atoms with Crippen molar-refractivity contribution >= 4 is 28.7 Å². The number of halogens is 3. The number of aromatic nitrogens is 2. The van der Waals surface area contributed by atoms with E-state index in [0.29, 0.717) is 12.2 Å². The average Bonchev–Trinajstić information content (AvgIpc) is 2.93. The molecule has 1 heterocycles. The normalized spacial score (nSPS) is 11.3. The van der Waals surface area contributed by atoms with Crippen molar-refractivity contribution in [1.82, 2.24) is 9.78 Å². The molecule has 3 rings (SSSR count). The molecule has 0 saturated heterocycles. The van der Waals surface area contributed by atoms with Crippen LogP contribution in [-0.2, 0) is 12.7 Å². The first-order valence-corrected chi connectivity index (χ1v) is 8.97. The van der Waals surface area contributed by atoms with Crippen LogP contribution in [0.5, 0.6) is 0 Å². The fourth-order valence-electron chi connectivity index (χ4n) is 2.83. The molecule has 0 amide bonds. The Hall–Kier alpha value is -2.87. The third-order valence-corrected chi connectivity index (χ3v) is 4.33. The minimum atomic E-state index is -4.45. The Bertz CT molecular complexity index is 978. The molecule has 0 aliphatic heterocycles. The third kappa shape index (κ3) is 4.89. The quantitative estimate of drug-likeness (QED) is 0.573. The van der Waals surface area contributed by atoms with Crippen molar-refractivity contribution in [3.8, 4) is 0 Å². The van der Waals surface area contributed by atoms with Crippen molar-refractivity contribution < 1.29 is 13.2 Å². The fourth-order valence-corrected chi connectivity index (χ4v) is 3.05. The lowest BCUT2D eigenvalue weighted by molar-refractivity contribution is -0.136. The van der Waals surface area contributed by atoms with Gasteiger partial charge in [-0.3, -0.25) is 4.68 Å². The maximum atomic E-state index is 13.1. The summed E-state index contributed by atoms with van der Waals surface area (Å²) in [5.41, 5.74) is 2.92. The molecule has 0 aliphatic carbocycles. The molecule has 2 aromatic carbocycles. The number of anilines is 2. The van der Waals surface area contributed by atoms with Gasteiger partial charge in [0.15, 0.2) is 5.11 Å². The van der Waals surface area contributed by atoms with Gasteiger partial charge in [-0.1, -0.05) is 24.3 Å². The van der Waals surface area contributed by atoms with Crippen LogP contribution in [-0.4, -0.2) is 14.9 Å². The van der Waals surface area contributed by atoms with Gasteiger partial charge >= 0.3 is 6.18 Å². The molecule has 0 unspecified atom stereocenters. The number of benzene rings is 2. The monoisotopic (exact) mass is 404 g/mol. The van der Waals surface area contributed by atoms with E-state index in [1.54, 1.807) is 0 Å². The first-order valence-electron chi connectivity index (χ1n) is 8.56. The van der Waals surface area contributed by atoms with Gasteiger partial charge in [0, 0.05) is 11.4 Å². The third-order valence-electron chi connectivity index (χ3n) is 4.13. The first kappa shape index (κ1) is 19.9. The van der Waals surface area contributed by atoms with Crippen LogP contribution in [0, 0.1) is 13.8 Å². The number of rotatable bonds is 4. The molecule has 4 nitrogen and oxygen atoms in total. The number of nitrogens with zero attached hydrogens (tertiary/aromatic N) is 2. The van der Waals surface area contributed by atoms with Gasteiger partial charge in [-0.05, 0) is 62.0 Å². The number of hydrogen-bond donors (Lipinski definition) is 2. The first-order chi connectivity index (χ1) is 13.2. The molecule has 0 atom stereocenters. The lowest BCUT2D eigenvalue weighted by Gasteiger charge is -2.16. The van der Waals surface area contributed by atoms with E-state index < -0.39 is 11.7 Å². The van der Waals surface area contributed by atoms with Gasteiger partial charge in [0.2, 0.25) is 0 Å². The second-order valence-electron chi connectivity index (χ2n) is 6.40. The maximum Gasteiger partial charge on any atom is 0.418 e. The second kappa shape index (κ2) is 8.02. The van der Waals surface area contributed by atoms with Crippen LogP contribution in [0.4, 0.5) is 24.5 Å². The van der Waals surface area contributed by atoms with Gasteiger partial charge < -0.3 is 10.6 Å². The Morgan fingerprint density at radius 1 is 1.04 bits per heavy atom. The largest absolute Gasteiger partial charge is 0.418 e. The zero-order valence-electron chi connectivity index (χ0n) is 15.3. The van der Waals surface area contributed by atoms with Crippen molar-refractivity contribution in [3.63, 3.8) is 0 Å². The molecule has 146 valence electrons. The van der Waals surface area contributed by atoms with Crippen LogP contribution in [0.15, 0.2) is 54.6 Å². The molecular weight excluding hydrogens is 385 g/mol. The smallest absolute Gasteiger partial charge is 0.332 e. The molecule has 0 fully saturated rings. The standard InChI is InChI=1S/C20H19F3N4S/c1-13-11-14(2)27(26-13)12-15-7-9-16(10-8-15)24-19(28)25-18-6-4-3-5-17(18)20(21,22)23/h3-11H,12H2,1-2H3,(H2,24,25,28). The zero-order chi connectivity index (χ0) is 20.3. The Kier molecular flexibility index (Phi) is 5.69. The fraction of sp³-hybridized carbons (Fsp3) is 0.200. The average molecular weight is 404 g/mol. The number of nitrogens with one attached hydrogen (secondary N) is 2. The highest BCUT2D eigenvalue weighted by atomic mass is 32.1.